The Morgan fingerprint density at radius 3 is 2.95 bits per heavy atom. The summed E-state index contributed by atoms with van der Waals surface area (Å²) in [6.07, 6.45) is 10.1. The van der Waals surface area contributed by atoms with E-state index in [-0.39, 0.29) is 0 Å². The van der Waals surface area contributed by atoms with Crippen LogP contribution in [0.25, 0.3) is 22.3 Å². The minimum absolute atomic E-state index is 0.361. The number of imidazole rings is 1. The Morgan fingerprint density at radius 1 is 1.09 bits per heavy atom. The Balaban J connectivity index is 1.59. The molecule has 110 valence electrons. The summed E-state index contributed by atoms with van der Waals surface area (Å²) in [5.74, 6) is 1.03. The summed E-state index contributed by atoms with van der Waals surface area (Å²) in [6.45, 7) is 0. The van der Waals surface area contributed by atoms with E-state index in [1.165, 1.54) is 12.8 Å². The van der Waals surface area contributed by atoms with Crippen LogP contribution in [0.5, 0.6) is 0 Å². The third kappa shape index (κ3) is 1.80. The summed E-state index contributed by atoms with van der Waals surface area (Å²) in [5.41, 5.74) is 2.17. The fourth-order valence-corrected chi connectivity index (χ4v) is 3.92. The van der Waals surface area contributed by atoms with Gasteiger partial charge in [-0.1, -0.05) is 6.07 Å². The molecule has 2 bridgehead atoms. The van der Waals surface area contributed by atoms with Crippen molar-refractivity contribution in [2.45, 2.75) is 37.5 Å². The molecule has 0 spiro atoms. The smallest absolute Gasteiger partial charge is 0.140 e. The van der Waals surface area contributed by atoms with Gasteiger partial charge in [0.25, 0.3) is 0 Å². The van der Waals surface area contributed by atoms with Crippen LogP contribution in [0, 0.1) is 0 Å². The molecule has 3 atom stereocenters. The fraction of sp³-hybridized carbons (Fsp3) is 0.333. The van der Waals surface area contributed by atoms with Gasteiger partial charge in [-0.05, 0) is 43.5 Å². The lowest BCUT2D eigenvalue weighted by molar-refractivity contribution is 0.0940. The molecule has 1 aromatic carbocycles. The van der Waals surface area contributed by atoms with Gasteiger partial charge in [-0.25, -0.2) is 4.98 Å². The second-order valence-electron chi connectivity index (χ2n) is 6.25. The number of pyridine rings is 1. The average molecular weight is 291 g/mol. The van der Waals surface area contributed by atoms with E-state index in [9.17, 15) is 0 Å². The molecule has 22 heavy (non-hydrogen) atoms. The van der Waals surface area contributed by atoms with Crippen LogP contribution in [0.4, 0.5) is 0 Å². The second-order valence-corrected chi connectivity index (χ2v) is 6.25. The number of ether oxygens (including phenoxy) is 1. The molecule has 0 aliphatic carbocycles. The van der Waals surface area contributed by atoms with Crippen LogP contribution in [-0.4, -0.2) is 26.7 Å². The number of rotatable bonds is 2. The minimum atomic E-state index is 0.361. The van der Waals surface area contributed by atoms with Crippen molar-refractivity contribution < 1.29 is 4.74 Å². The van der Waals surface area contributed by atoms with Gasteiger partial charge in [0.15, 0.2) is 0 Å². The first kappa shape index (κ1) is 12.4. The normalized spacial score (nSPS) is 26.8. The molecule has 0 N–H and O–H groups in total. The van der Waals surface area contributed by atoms with Gasteiger partial charge in [0.2, 0.25) is 0 Å². The summed E-state index contributed by atoms with van der Waals surface area (Å²) in [7, 11) is 0. The third-order valence-electron chi connectivity index (χ3n) is 4.96. The van der Waals surface area contributed by atoms with Gasteiger partial charge in [0, 0.05) is 29.5 Å². The van der Waals surface area contributed by atoms with Crippen LogP contribution in [0.15, 0.2) is 48.9 Å². The first-order valence-electron chi connectivity index (χ1n) is 7.92. The molecule has 2 aliphatic rings. The van der Waals surface area contributed by atoms with E-state index in [0.29, 0.717) is 18.2 Å². The summed E-state index contributed by atoms with van der Waals surface area (Å²) in [4.78, 5) is 9.00. The quantitative estimate of drug-likeness (QED) is 0.724. The standard InChI is InChI=1S/C18H17N3O/c1-2-12-10-13(3-5-15(12)19-7-1)18-20-8-9-21(18)16-11-14-4-6-17(16)22-14/h1-3,5,7-10,14,16-17H,4,6,11H2/t14-,16+,17+/m0/s1. The van der Waals surface area contributed by atoms with Gasteiger partial charge in [0.1, 0.15) is 5.82 Å². The number of hydrogen-bond donors (Lipinski definition) is 0. The highest BCUT2D eigenvalue weighted by Gasteiger charge is 2.42. The third-order valence-corrected chi connectivity index (χ3v) is 4.96. The predicted molar refractivity (Wildman–Crippen MR) is 84.5 cm³/mol. The van der Waals surface area contributed by atoms with Gasteiger partial charge in [-0.2, -0.15) is 0 Å². The first-order chi connectivity index (χ1) is 10.9. The number of aromatic nitrogens is 3. The van der Waals surface area contributed by atoms with Crippen molar-refractivity contribution in [3.8, 4) is 11.4 Å². The molecule has 2 saturated heterocycles. The van der Waals surface area contributed by atoms with E-state index >= 15 is 0 Å². The highest BCUT2D eigenvalue weighted by molar-refractivity contribution is 5.83. The highest BCUT2D eigenvalue weighted by Crippen LogP contribution is 2.43. The molecular formula is C18H17N3O. The fourth-order valence-electron chi connectivity index (χ4n) is 3.92. The zero-order valence-electron chi connectivity index (χ0n) is 12.2. The first-order valence-corrected chi connectivity index (χ1v) is 7.92. The molecule has 0 saturated carbocycles. The van der Waals surface area contributed by atoms with Crippen molar-refractivity contribution in [2.75, 3.05) is 0 Å². The molecule has 4 heteroatoms. The Morgan fingerprint density at radius 2 is 2.09 bits per heavy atom. The van der Waals surface area contributed by atoms with Gasteiger partial charge in [-0.15, -0.1) is 0 Å². The van der Waals surface area contributed by atoms with Crippen molar-refractivity contribution >= 4 is 10.9 Å². The lowest BCUT2D eigenvalue weighted by atomic mass is 9.95. The van der Waals surface area contributed by atoms with Crippen molar-refractivity contribution in [1.82, 2.24) is 14.5 Å². The summed E-state index contributed by atoms with van der Waals surface area (Å²) < 4.78 is 8.32. The van der Waals surface area contributed by atoms with Gasteiger partial charge in [0.05, 0.1) is 23.8 Å². The Labute approximate surface area is 128 Å². The van der Waals surface area contributed by atoms with E-state index < -0.39 is 0 Å². The zero-order valence-corrected chi connectivity index (χ0v) is 12.2. The number of benzene rings is 1. The van der Waals surface area contributed by atoms with Gasteiger partial charge in [-0.3, -0.25) is 4.98 Å². The van der Waals surface area contributed by atoms with Crippen molar-refractivity contribution in [2.24, 2.45) is 0 Å². The van der Waals surface area contributed by atoms with E-state index in [1.807, 2.05) is 18.5 Å². The minimum Gasteiger partial charge on any atom is -0.373 e. The Bertz CT molecular complexity index is 841. The number of fused-ring (bicyclic) bond motifs is 3. The molecule has 0 amide bonds. The molecule has 0 radical (unpaired) electrons. The van der Waals surface area contributed by atoms with Crippen LogP contribution in [0.3, 0.4) is 0 Å². The molecule has 3 aromatic rings. The average Bonchev–Trinajstić information content (AvgIpc) is 3.30. The molecule has 4 heterocycles. The zero-order chi connectivity index (χ0) is 14.5. The SMILES string of the molecule is c1cnc2ccc(-c3nccn3[C@@H]3C[C@@H]4CC[C@H]3O4)cc2c1. The maximum Gasteiger partial charge on any atom is 0.140 e. The topological polar surface area (TPSA) is 39.9 Å². The lowest BCUT2D eigenvalue weighted by Gasteiger charge is -2.22. The van der Waals surface area contributed by atoms with Crippen LogP contribution < -0.4 is 0 Å². The molecule has 0 unspecified atom stereocenters. The van der Waals surface area contributed by atoms with Crippen LogP contribution in [0.1, 0.15) is 25.3 Å². The summed E-state index contributed by atoms with van der Waals surface area (Å²) >= 11 is 0. The maximum atomic E-state index is 6.01. The number of hydrogen-bond acceptors (Lipinski definition) is 3. The maximum absolute atomic E-state index is 6.01. The van der Waals surface area contributed by atoms with Crippen LogP contribution in [-0.2, 0) is 4.74 Å². The van der Waals surface area contributed by atoms with E-state index in [2.05, 4.69) is 45.0 Å². The van der Waals surface area contributed by atoms with Crippen molar-refractivity contribution in [1.29, 1.82) is 0 Å². The van der Waals surface area contributed by atoms with Crippen molar-refractivity contribution in [3.63, 3.8) is 0 Å². The lowest BCUT2D eigenvalue weighted by Crippen LogP contribution is -2.21. The van der Waals surface area contributed by atoms with E-state index in [0.717, 1.165) is 28.7 Å². The van der Waals surface area contributed by atoms with Gasteiger partial charge >= 0.3 is 0 Å². The van der Waals surface area contributed by atoms with E-state index in [1.54, 1.807) is 0 Å². The monoisotopic (exact) mass is 291 g/mol. The summed E-state index contributed by atoms with van der Waals surface area (Å²) in [6, 6.07) is 10.9. The molecular weight excluding hydrogens is 274 g/mol. The Hall–Kier alpha value is -2.20. The molecule has 2 fully saturated rings. The Kier molecular flexibility index (Phi) is 2.61. The molecule has 2 aromatic heterocycles. The van der Waals surface area contributed by atoms with Gasteiger partial charge < -0.3 is 9.30 Å². The highest BCUT2D eigenvalue weighted by atomic mass is 16.5. The van der Waals surface area contributed by atoms with Crippen LogP contribution >= 0.6 is 0 Å². The number of nitrogens with zero attached hydrogens (tertiary/aromatic N) is 3. The van der Waals surface area contributed by atoms with Crippen LogP contribution in [0.2, 0.25) is 0 Å². The summed E-state index contributed by atoms with van der Waals surface area (Å²) in [5, 5.41) is 1.15. The van der Waals surface area contributed by atoms with Crippen molar-refractivity contribution in [3.05, 3.63) is 48.9 Å². The largest absolute Gasteiger partial charge is 0.373 e. The molecule has 4 nitrogen and oxygen atoms in total. The predicted octanol–water partition coefficient (Wildman–Crippen LogP) is 3.59. The van der Waals surface area contributed by atoms with E-state index in [4.69, 9.17) is 4.74 Å². The molecule has 5 rings (SSSR count). The second kappa shape index (κ2) is 4.65. The molecule has 2 aliphatic heterocycles.